The molecule has 0 atom stereocenters. The van der Waals surface area contributed by atoms with E-state index in [1.807, 2.05) is 0 Å². The lowest BCUT2D eigenvalue weighted by molar-refractivity contribution is 0.0105. The highest BCUT2D eigenvalue weighted by Crippen LogP contribution is 2.56. The average molecular weight is 274 g/mol. The van der Waals surface area contributed by atoms with Crippen molar-refractivity contribution < 1.29 is 0 Å². The Morgan fingerprint density at radius 3 is 2.32 bits per heavy atom. The van der Waals surface area contributed by atoms with Crippen molar-refractivity contribution in [2.45, 2.75) is 44.1 Å². The molecular weight excluding hydrogens is 256 g/mol. The molecular formula is C14H18N4S. The molecule has 0 unspecified atom stereocenters. The zero-order chi connectivity index (χ0) is 13.0. The number of nitrogens with zero attached hydrogens (tertiary/aromatic N) is 2. The summed E-state index contributed by atoms with van der Waals surface area (Å²) in [6.07, 6.45) is 8.02. The van der Waals surface area contributed by atoms with E-state index < -0.39 is 0 Å². The number of thiazole rings is 1. The van der Waals surface area contributed by atoms with E-state index in [4.69, 9.17) is 11.0 Å². The molecule has 0 aliphatic heterocycles. The van der Waals surface area contributed by atoms with Gasteiger partial charge in [0.15, 0.2) is 15.8 Å². The third-order valence-corrected chi connectivity index (χ3v) is 5.96. The number of nitriles is 1. The lowest BCUT2D eigenvalue weighted by Crippen LogP contribution is -2.54. The Kier molecular flexibility index (Phi) is 2.34. The highest BCUT2D eigenvalue weighted by atomic mass is 32.1. The van der Waals surface area contributed by atoms with Crippen molar-refractivity contribution in [2.75, 3.05) is 11.1 Å². The molecule has 3 N–H and O–H groups in total. The van der Waals surface area contributed by atoms with E-state index in [0.29, 0.717) is 10.0 Å². The summed E-state index contributed by atoms with van der Waals surface area (Å²) in [7, 11) is 0. The number of nitrogen functional groups attached to an aromatic ring is 1. The quantitative estimate of drug-likeness (QED) is 0.869. The fraction of sp³-hybridized carbons (Fsp3) is 0.714. The molecule has 0 saturated heterocycles. The van der Waals surface area contributed by atoms with Crippen molar-refractivity contribution in [3.63, 3.8) is 0 Å². The molecule has 1 aromatic heterocycles. The van der Waals surface area contributed by atoms with Gasteiger partial charge in [0.25, 0.3) is 0 Å². The molecule has 0 amide bonds. The molecule has 1 heterocycles. The van der Waals surface area contributed by atoms with E-state index in [1.165, 1.54) is 49.9 Å². The standard InChI is InChI=1S/C14H18N4S/c15-7-11-12(17-13(16)19-11)18-14-4-8-1-9(5-14)3-10(2-8)6-14/h8-10,18H,1-6H2,(H2,16,17). The van der Waals surface area contributed by atoms with Crippen LogP contribution in [0.2, 0.25) is 0 Å². The Morgan fingerprint density at radius 1 is 1.21 bits per heavy atom. The number of hydrogen-bond acceptors (Lipinski definition) is 5. The molecule has 5 rings (SSSR count). The predicted molar refractivity (Wildman–Crippen MR) is 75.8 cm³/mol. The fourth-order valence-corrected chi connectivity index (χ4v) is 5.60. The average Bonchev–Trinajstić information content (AvgIpc) is 2.66. The summed E-state index contributed by atoms with van der Waals surface area (Å²) in [4.78, 5) is 4.95. The molecule has 4 aliphatic carbocycles. The van der Waals surface area contributed by atoms with Crippen molar-refractivity contribution in [3.05, 3.63) is 4.88 Å². The number of nitrogens with one attached hydrogen (secondary N) is 1. The maximum atomic E-state index is 9.17. The predicted octanol–water partition coefficient (Wildman–Crippen LogP) is 2.98. The van der Waals surface area contributed by atoms with Crippen LogP contribution in [-0.4, -0.2) is 10.5 Å². The molecule has 4 nitrogen and oxygen atoms in total. The van der Waals surface area contributed by atoms with E-state index in [1.54, 1.807) is 0 Å². The van der Waals surface area contributed by atoms with Gasteiger partial charge in [0, 0.05) is 5.54 Å². The summed E-state index contributed by atoms with van der Waals surface area (Å²) in [5.74, 6) is 3.40. The van der Waals surface area contributed by atoms with Gasteiger partial charge in [0.05, 0.1) is 0 Å². The van der Waals surface area contributed by atoms with Gasteiger partial charge in [-0.2, -0.15) is 5.26 Å². The van der Waals surface area contributed by atoms with Crippen LogP contribution in [0.4, 0.5) is 10.9 Å². The van der Waals surface area contributed by atoms with E-state index in [2.05, 4.69) is 16.4 Å². The zero-order valence-corrected chi connectivity index (χ0v) is 11.7. The first-order valence-corrected chi connectivity index (χ1v) is 7.92. The minimum atomic E-state index is 0.195. The van der Waals surface area contributed by atoms with Gasteiger partial charge in [0.1, 0.15) is 6.07 Å². The molecule has 0 aromatic carbocycles. The number of hydrogen-bond donors (Lipinski definition) is 2. The second kappa shape index (κ2) is 3.86. The largest absolute Gasteiger partial charge is 0.375 e. The Labute approximate surface area is 117 Å². The summed E-state index contributed by atoms with van der Waals surface area (Å²) in [5.41, 5.74) is 5.93. The van der Waals surface area contributed by atoms with Crippen LogP contribution in [0.15, 0.2) is 0 Å². The van der Waals surface area contributed by atoms with Gasteiger partial charge in [-0.1, -0.05) is 11.3 Å². The maximum Gasteiger partial charge on any atom is 0.183 e. The third kappa shape index (κ3) is 1.81. The Hall–Kier alpha value is -1.28. The van der Waals surface area contributed by atoms with Crippen LogP contribution in [-0.2, 0) is 0 Å². The van der Waals surface area contributed by atoms with Crippen molar-refractivity contribution in [2.24, 2.45) is 17.8 Å². The maximum absolute atomic E-state index is 9.17. The van der Waals surface area contributed by atoms with Crippen molar-refractivity contribution in [1.29, 1.82) is 5.26 Å². The van der Waals surface area contributed by atoms with Crippen LogP contribution < -0.4 is 11.1 Å². The number of aromatic nitrogens is 1. The number of anilines is 2. The zero-order valence-electron chi connectivity index (χ0n) is 10.9. The van der Waals surface area contributed by atoms with Crippen molar-refractivity contribution >= 4 is 22.3 Å². The second-order valence-electron chi connectivity index (χ2n) is 6.66. The third-order valence-electron chi connectivity index (χ3n) is 5.17. The van der Waals surface area contributed by atoms with Crippen molar-refractivity contribution in [1.82, 2.24) is 4.98 Å². The normalized spacial score (nSPS) is 39.2. The SMILES string of the molecule is N#Cc1sc(N)nc1NC12CC3CC(CC(C3)C1)C2. The van der Waals surface area contributed by atoms with E-state index in [-0.39, 0.29) is 5.54 Å². The van der Waals surface area contributed by atoms with Crippen LogP contribution in [0.5, 0.6) is 0 Å². The van der Waals surface area contributed by atoms with Crippen LogP contribution in [0.25, 0.3) is 0 Å². The minimum Gasteiger partial charge on any atom is -0.375 e. The molecule has 4 aliphatic rings. The van der Waals surface area contributed by atoms with E-state index in [0.717, 1.165) is 23.6 Å². The first-order valence-electron chi connectivity index (χ1n) is 7.10. The van der Waals surface area contributed by atoms with Crippen LogP contribution >= 0.6 is 11.3 Å². The number of rotatable bonds is 2. The lowest BCUT2D eigenvalue weighted by atomic mass is 9.53. The molecule has 100 valence electrons. The highest BCUT2D eigenvalue weighted by Gasteiger charge is 2.51. The van der Waals surface area contributed by atoms with Crippen LogP contribution in [0.3, 0.4) is 0 Å². The minimum absolute atomic E-state index is 0.195. The molecule has 5 heteroatoms. The van der Waals surface area contributed by atoms with Gasteiger partial charge in [0.2, 0.25) is 0 Å². The van der Waals surface area contributed by atoms with Crippen LogP contribution in [0.1, 0.15) is 43.4 Å². The van der Waals surface area contributed by atoms with Gasteiger partial charge in [-0.3, -0.25) is 0 Å². The molecule has 4 saturated carbocycles. The molecule has 0 radical (unpaired) electrons. The lowest BCUT2D eigenvalue weighted by Gasteiger charge is -2.57. The van der Waals surface area contributed by atoms with Gasteiger partial charge >= 0.3 is 0 Å². The van der Waals surface area contributed by atoms with E-state index in [9.17, 15) is 0 Å². The van der Waals surface area contributed by atoms with Gasteiger partial charge in [-0.25, -0.2) is 4.98 Å². The topological polar surface area (TPSA) is 74.7 Å². The summed E-state index contributed by atoms with van der Waals surface area (Å²) in [5, 5.41) is 13.3. The van der Waals surface area contributed by atoms with Crippen molar-refractivity contribution in [3.8, 4) is 6.07 Å². The van der Waals surface area contributed by atoms with Gasteiger partial charge in [-0.15, -0.1) is 0 Å². The van der Waals surface area contributed by atoms with Gasteiger partial charge < -0.3 is 11.1 Å². The molecule has 4 bridgehead atoms. The Bertz CT molecular complexity index is 521. The molecule has 0 spiro atoms. The fourth-order valence-electron chi connectivity index (χ4n) is 5.01. The summed E-state index contributed by atoms with van der Waals surface area (Å²) in [6.45, 7) is 0. The summed E-state index contributed by atoms with van der Waals surface area (Å²) >= 11 is 1.29. The first-order chi connectivity index (χ1) is 9.16. The molecule has 4 fully saturated rings. The van der Waals surface area contributed by atoms with E-state index >= 15 is 0 Å². The van der Waals surface area contributed by atoms with Crippen LogP contribution in [0, 0.1) is 29.1 Å². The first kappa shape index (κ1) is 11.5. The molecule has 19 heavy (non-hydrogen) atoms. The smallest absolute Gasteiger partial charge is 0.183 e. The number of nitrogens with two attached hydrogens (primary N) is 1. The summed E-state index contributed by atoms with van der Waals surface area (Å²) < 4.78 is 0. The monoisotopic (exact) mass is 274 g/mol. The summed E-state index contributed by atoms with van der Waals surface area (Å²) in [6, 6.07) is 2.21. The molecule has 1 aromatic rings. The van der Waals surface area contributed by atoms with Gasteiger partial charge in [-0.05, 0) is 56.3 Å². The Balaban J connectivity index is 1.64. The Morgan fingerprint density at radius 2 is 1.79 bits per heavy atom. The second-order valence-corrected chi connectivity index (χ2v) is 7.70. The highest BCUT2D eigenvalue weighted by molar-refractivity contribution is 7.16.